The highest BCUT2D eigenvalue weighted by Crippen LogP contribution is 2.24. The van der Waals surface area contributed by atoms with E-state index in [1.165, 1.54) is 0 Å². The van der Waals surface area contributed by atoms with Crippen molar-refractivity contribution < 1.29 is 9.90 Å². The smallest absolute Gasteiger partial charge is 0.337 e. The Bertz CT molecular complexity index is 473. The van der Waals surface area contributed by atoms with Gasteiger partial charge in [0.15, 0.2) is 0 Å². The van der Waals surface area contributed by atoms with Crippen LogP contribution in [0.25, 0.3) is 0 Å². The lowest BCUT2D eigenvalue weighted by Gasteiger charge is -2.36. The van der Waals surface area contributed by atoms with Crippen molar-refractivity contribution in [1.82, 2.24) is 4.90 Å². The van der Waals surface area contributed by atoms with Crippen molar-refractivity contribution in [2.24, 2.45) is 5.92 Å². The minimum absolute atomic E-state index is 0.344. The molecular formula is C15H22N2O2. The molecule has 1 aromatic rings. The molecule has 0 aliphatic carbocycles. The SMILES string of the molecule is Cc1ccc(NC2CCN(C)CC2C)c(C(=O)O)c1. The van der Waals surface area contributed by atoms with Gasteiger partial charge in [0.05, 0.1) is 5.56 Å². The molecule has 4 heteroatoms. The maximum atomic E-state index is 11.3. The number of carboxylic acids is 1. The van der Waals surface area contributed by atoms with Gasteiger partial charge in [-0.15, -0.1) is 0 Å². The first-order valence-electron chi connectivity index (χ1n) is 6.76. The number of rotatable bonds is 3. The summed E-state index contributed by atoms with van der Waals surface area (Å²) < 4.78 is 0. The van der Waals surface area contributed by atoms with Crippen LogP contribution in [0.15, 0.2) is 18.2 Å². The van der Waals surface area contributed by atoms with Gasteiger partial charge >= 0.3 is 5.97 Å². The Morgan fingerprint density at radius 1 is 1.47 bits per heavy atom. The molecule has 0 saturated carbocycles. The van der Waals surface area contributed by atoms with E-state index in [0.29, 0.717) is 17.5 Å². The molecule has 0 spiro atoms. The summed E-state index contributed by atoms with van der Waals surface area (Å²) in [5, 5.41) is 12.7. The van der Waals surface area contributed by atoms with Crippen molar-refractivity contribution in [2.45, 2.75) is 26.3 Å². The van der Waals surface area contributed by atoms with Gasteiger partial charge < -0.3 is 15.3 Å². The number of aryl methyl sites for hydroxylation is 1. The predicted molar refractivity (Wildman–Crippen MR) is 76.8 cm³/mol. The van der Waals surface area contributed by atoms with Crippen molar-refractivity contribution in [2.75, 3.05) is 25.5 Å². The van der Waals surface area contributed by atoms with E-state index in [1.807, 2.05) is 19.1 Å². The zero-order valence-electron chi connectivity index (χ0n) is 11.8. The molecule has 19 heavy (non-hydrogen) atoms. The van der Waals surface area contributed by atoms with Crippen LogP contribution in [0, 0.1) is 12.8 Å². The Kier molecular flexibility index (Phi) is 4.10. The summed E-state index contributed by atoms with van der Waals surface area (Å²) in [6, 6.07) is 5.90. The molecule has 1 aliphatic rings. The minimum atomic E-state index is -0.869. The summed E-state index contributed by atoms with van der Waals surface area (Å²) in [5.74, 6) is -0.353. The van der Waals surface area contributed by atoms with Gasteiger partial charge in [0, 0.05) is 18.3 Å². The highest BCUT2D eigenvalue weighted by molar-refractivity contribution is 5.94. The maximum Gasteiger partial charge on any atom is 0.337 e. The maximum absolute atomic E-state index is 11.3. The third-order valence-electron chi connectivity index (χ3n) is 3.85. The Hall–Kier alpha value is -1.55. The second kappa shape index (κ2) is 5.61. The summed E-state index contributed by atoms with van der Waals surface area (Å²) in [4.78, 5) is 13.6. The molecule has 2 atom stereocenters. The lowest BCUT2D eigenvalue weighted by Crippen LogP contribution is -2.43. The highest BCUT2D eigenvalue weighted by atomic mass is 16.4. The van der Waals surface area contributed by atoms with Crippen molar-refractivity contribution in [1.29, 1.82) is 0 Å². The largest absolute Gasteiger partial charge is 0.478 e. The Morgan fingerprint density at radius 2 is 2.21 bits per heavy atom. The van der Waals surface area contributed by atoms with Crippen molar-refractivity contribution in [3.63, 3.8) is 0 Å². The van der Waals surface area contributed by atoms with Gasteiger partial charge in [0.25, 0.3) is 0 Å². The number of anilines is 1. The summed E-state index contributed by atoms with van der Waals surface area (Å²) in [6.07, 6.45) is 1.05. The summed E-state index contributed by atoms with van der Waals surface area (Å²) >= 11 is 0. The summed E-state index contributed by atoms with van der Waals surface area (Å²) in [6.45, 7) is 6.22. The number of hydrogen-bond donors (Lipinski definition) is 2. The Balaban J connectivity index is 2.17. The first-order valence-corrected chi connectivity index (χ1v) is 6.76. The van der Waals surface area contributed by atoms with Crippen LogP contribution in [0.3, 0.4) is 0 Å². The number of likely N-dealkylation sites (tertiary alicyclic amines) is 1. The zero-order valence-corrected chi connectivity index (χ0v) is 11.8. The molecule has 104 valence electrons. The van der Waals surface area contributed by atoms with Crippen molar-refractivity contribution in [3.8, 4) is 0 Å². The summed E-state index contributed by atoms with van der Waals surface area (Å²) in [5.41, 5.74) is 2.07. The molecule has 1 aromatic carbocycles. The lowest BCUT2D eigenvalue weighted by molar-refractivity contribution is 0.0697. The third kappa shape index (κ3) is 3.26. The van der Waals surface area contributed by atoms with Gasteiger partial charge in [-0.2, -0.15) is 0 Å². The van der Waals surface area contributed by atoms with Crippen LogP contribution in [0.5, 0.6) is 0 Å². The van der Waals surface area contributed by atoms with Crippen LogP contribution < -0.4 is 5.32 Å². The van der Waals surface area contributed by atoms with E-state index in [2.05, 4.69) is 24.2 Å². The topological polar surface area (TPSA) is 52.6 Å². The molecule has 2 unspecified atom stereocenters. The normalized spacial score (nSPS) is 24.2. The van der Waals surface area contributed by atoms with Crippen molar-refractivity contribution in [3.05, 3.63) is 29.3 Å². The lowest BCUT2D eigenvalue weighted by atomic mass is 9.93. The number of carbonyl (C=O) groups is 1. The van der Waals surface area contributed by atoms with Crippen LogP contribution in [-0.4, -0.2) is 42.2 Å². The number of nitrogens with one attached hydrogen (secondary N) is 1. The first-order chi connectivity index (χ1) is 8.97. The van der Waals surface area contributed by atoms with E-state index in [1.54, 1.807) is 6.07 Å². The summed E-state index contributed by atoms with van der Waals surface area (Å²) in [7, 11) is 2.13. The van der Waals surface area contributed by atoms with E-state index in [-0.39, 0.29) is 0 Å². The highest BCUT2D eigenvalue weighted by Gasteiger charge is 2.25. The van der Waals surface area contributed by atoms with E-state index in [9.17, 15) is 9.90 Å². The average molecular weight is 262 g/mol. The second-order valence-electron chi connectivity index (χ2n) is 5.63. The van der Waals surface area contributed by atoms with Gasteiger partial charge in [-0.3, -0.25) is 0 Å². The first kappa shape index (κ1) is 13.9. The van der Waals surface area contributed by atoms with E-state index in [0.717, 1.165) is 30.8 Å². The van der Waals surface area contributed by atoms with Gasteiger partial charge in [0.1, 0.15) is 0 Å². The van der Waals surface area contributed by atoms with E-state index in [4.69, 9.17) is 0 Å². The number of aromatic carboxylic acids is 1. The van der Waals surface area contributed by atoms with Gasteiger partial charge in [-0.1, -0.05) is 18.6 Å². The molecule has 0 bridgehead atoms. The molecule has 2 N–H and O–H groups in total. The molecule has 1 fully saturated rings. The number of carboxylic acid groups (broad SMARTS) is 1. The number of nitrogens with zero attached hydrogens (tertiary/aromatic N) is 1. The van der Waals surface area contributed by atoms with Crippen molar-refractivity contribution >= 4 is 11.7 Å². The van der Waals surface area contributed by atoms with Crippen LogP contribution in [-0.2, 0) is 0 Å². The molecule has 0 aromatic heterocycles. The van der Waals surface area contributed by atoms with E-state index < -0.39 is 5.97 Å². The zero-order chi connectivity index (χ0) is 14.0. The fraction of sp³-hybridized carbons (Fsp3) is 0.533. The van der Waals surface area contributed by atoms with Crippen LogP contribution >= 0.6 is 0 Å². The Morgan fingerprint density at radius 3 is 2.84 bits per heavy atom. The standard InChI is InChI=1S/C15H22N2O2/c1-10-4-5-14(12(8-10)15(18)19)16-13-6-7-17(3)9-11(13)2/h4-5,8,11,13,16H,6-7,9H2,1-3H3,(H,18,19). The van der Waals surface area contributed by atoms with Gasteiger partial charge in [-0.25, -0.2) is 4.79 Å². The molecule has 1 aliphatic heterocycles. The Labute approximate surface area is 114 Å². The molecule has 1 saturated heterocycles. The molecule has 4 nitrogen and oxygen atoms in total. The predicted octanol–water partition coefficient (Wildman–Crippen LogP) is 2.45. The average Bonchev–Trinajstić information content (AvgIpc) is 2.34. The number of hydrogen-bond acceptors (Lipinski definition) is 3. The molecule has 0 radical (unpaired) electrons. The fourth-order valence-electron chi connectivity index (χ4n) is 2.73. The quantitative estimate of drug-likeness (QED) is 0.878. The fourth-order valence-corrected chi connectivity index (χ4v) is 2.73. The number of benzene rings is 1. The molecule has 2 rings (SSSR count). The minimum Gasteiger partial charge on any atom is -0.478 e. The van der Waals surface area contributed by atoms with Gasteiger partial charge in [0.2, 0.25) is 0 Å². The van der Waals surface area contributed by atoms with Crippen LogP contribution in [0.2, 0.25) is 0 Å². The molecule has 1 heterocycles. The third-order valence-corrected chi connectivity index (χ3v) is 3.85. The van der Waals surface area contributed by atoms with Crippen LogP contribution in [0.4, 0.5) is 5.69 Å². The van der Waals surface area contributed by atoms with Crippen LogP contribution in [0.1, 0.15) is 29.3 Å². The second-order valence-corrected chi connectivity index (χ2v) is 5.63. The monoisotopic (exact) mass is 262 g/mol. The molecule has 0 amide bonds. The number of piperidine rings is 1. The van der Waals surface area contributed by atoms with Gasteiger partial charge in [-0.05, 0) is 45.0 Å². The molecular weight excluding hydrogens is 240 g/mol. The van der Waals surface area contributed by atoms with E-state index >= 15 is 0 Å².